The van der Waals surface area contributed by atoms with Crippen LogP contribution in [-0.2, 0) is 11.2 Å². The van der Waals surface area contributed by atoms with Gasteiger partial charge in [0, 0.05) is 48.2 Å². The fourth-order valence-corrected chi connectivity index (χ4v) is 4.47. The topological polar surface area (TPSA) is 79.6 Å². The lowest BCUT2D eigenvalue weighted by Gasteiger charge is -2.35. The maximum absolute atomic E-state index is 12.7. The molecule has 0 N–H and O–H groups in total. The normalized spacial score (nSPS) is 14.0. The molecule has 0 aliphatic carbocycles. The van der Waals surface area contributed by atoms with Crippen LogP contribution in [0.3, 0.4) is 0 Å². The summed E-state index contributed by atoms with van der Waals surface area (Å²) < 4.78 is 0. The van der Waals surface area contributed by atoms with Crippen molar-refractivity contribution >= 4 is 40.2 Å². The zero-order valence-electron chi connectivity index (χ0n) is 16.0. The SMILES string of the molecule is O=C(Cc1csc(-c2ccccc2)n1)N1CCN(c2ccc(Cl)cc2[N+](=O)[O-])CC1. The Morgan fingerprint density at radius 2 is 1.87 bits per heavy atom. The second-order valence-electron chi connectivity index (χ2n) is 6.94. The number of piperazine rings is 1. The van der Waals surface area contributed by atoms with Gasteiger partial charge in [-0.3, -0.25) is 14.9 Å². The molecule has 2 heterocycles. The van der Waals surface area contributed by atoms with E-state index in [0.29, 0.717) is 36.9 Å². The summed E-state index contributed by atoms with van der Waals surface area (Å²) in [5.41, 5.74) is 2.32. The van der Waals surface area contributed by atoms with E-state index in [2.05, 4.69) is 4.98 Å². The van der Waals surface area contributed by atoms with E-state index in [9.17, 15) is 14.9 Å². The van der Waals surface area contributed by atoms with Gasteiger partial charge in [-0.1, -0.05) is 41.9 Å². The molecule has 1 saturated heterocycles. The van der Waals surface area contributed by atoms with Crippen molar-refractivity contribution in [2.75, 3.05) is 31.1 Å². The second kappa shape index (κ2) is 8.81. The van der Waals surface area contributed by atoms with Crippen molar-refractivity contribution in [3.63, 3.8) is 0 Å². The van der Waals surface area contributed by atoms with Gasteiger partial charge in [-0.15, -0.1) is 11.3 Å². The van der Waals surface area contributed by atoms with E-state index in [4.69, 9.17) is 11.6 Å². The molecule has 0 bridgehead atoms. The zero-order chi connectivity index (χ0) is 21.1. The van der Waals surface area contributed by atoms with E-state index in [1.807, 2.05) is 40.6 Å². The number of nitro groups is 1. The highest BCUT2D eigenvalue weighted by Crippen LogP contribution is 2.31. The molecule has 0 atom stereocenters. The maximum Gasteiger partial charge on any atom is 0.294 e. The third kappa shape index (κ3) is 4.44. The monoisotopic (exact) mass is 442 g/mol. The predicted octanol–water partition coefficient (Wildman–Crippen LogP) is 4.26. The number of benzene rings is 2. The highest BCUT2D eigenvalue weighted by molar-refractivity contribution is 7.13. The van der Waals surface area contributed by atoms with Crippen LogP contribution < -0.4 is 4.90 Å². The van der Waals surface area contributed by atoms with Crippen molar-refractivity contribution < 1.29 is 9.72 Å². The molecule has 3 aromatic rings. The molecule has 0 saturated carbocycles. The van der Waals surface area contributed by atoms with Crippen LogP contribution in [-0.4, -0.2) is 46.9 Å². The molecule has 30 heavy (non-hydrogen) atoms. The third-order valence-corrected chi connectivity index (χ3v) is 6.19. The molecule has 2 aromatic carbocycles. The molecule has 0 radical (unpaired) electrons. The maximum atomic E-state index is 12.7. The molecule has 4 rings (SSSR count). The van der Waals surface area contributed by atoms with Gasteiger partial charge in [-0.2, -0.15) is 0 Å². The number of nitrogens with zero attached hydrogens (tertiary/aromatic N) is 4. The van der Waals surface area contributed by atoms with Gasteiger partial charge in [0.2, 0.25) is 5.91 Å². The van der Waals surface area contributed by atoms with E-state index in [-0.39, 0.29) is 18.0 Å². The van der Waals surface area contributed by atoms with Gasteiger partial charge in [-0.25, -0.2) is 4.98 Å². The number of nitro benzene ring substituents is 1. The molecule has 1 aliphatic heterocycles. The first-order valence-electron chi connectivity index (χ1n) is 9.48. The largest absolute Gasteiger partial charge is 0.362 e. The minimum Gasteiger partial charge on any atom is -0.362 e. The fraction of sp³-hybridized carbons (Fsp3) is 0.238. The molecule has 154 valence electrons. The van der Waals surface area contributed by atoms with E-state index in [0.717, 1.165) is 16.3 Å². The number of anilines is 1. The van der Waals surface area contributed by atoms with Gasteiger partial charge in [0.25, 0.3) is 5.69 Å². The first-order chi connectivity index (χ1) is 14.5. The van der Waals surface area contributed by atoms with Crippen molar-refractivity contribution in [1.29, 1.82) is 0 Å². The number of halogens is 1. The summed E-state index contributed by atoms with van der Waals surface area (Å²) in [6.45, 7) is 2.07. The van der Waals surface area contributed by atoms with E-state index in [1.54, 1.807) is 17.0 Å². The number of rotatable bonds is 5. The van der Waals surface area contributed by atoms with Crippen LogP contribution in [0.4, 0.5) is 11.4 Å². The Morgan fingerprint density at radius 1 is 1.13 bits per heavy atom. The van der Waals surface area contributed by atoms with Crippen LogP contribution in [0.5, 0.6) is 0 Å². The average Bonchev–Trinajstić information content (AvgIpc) is 3.23. The molecular weight excluding hydrogens is 424 g/mol. The Morgan fingerprint density at radius 3 is 2.57 bits per heavy atom. The predicted molar refractivity (Wildman–Crippen MR) is 118 cm³/mol. The van der Waals surface area contributed by atoms with Crippen LogP contribution in [0.1, 0.15) is 5.69 Å². The first-order valence-corrected chi connectivity index (χ1v) is 10.7. The van der Waals surface area contributed by atoms with Gasteiger partial charge < -0.3 is 9.80 Å². The van der Waals surface area contributed by atoms with E-state index >= 15 is 0 Å². The van der Waals surface area contributed by atoms with Gasteiger partial charge in [-0.05, 0) is 12.1 Å². The molecule has 1 amide bonds. The third-order valence-electron chi connectivity index (χ3n) is 5.01. The van der Waals surface area contributed by atoms with Crippen LogP contribution >= 0.6 is 22.9 Å². The Hall–Kier alpha value is -2.97. The number of carbonyl (C=O) groups excluding carboxylic acids is 1. The smallest absolute Gasteiger partial charge is 0.294 e. The average molecular weight is 443 g/mol. The Kier molecular flexibility index (Phi) is 5.96. The van der Waals surface area contributed by atoms with Crippen LogP contribution in [0, 0.1) is 10.1 Å². The summed E-state index contributed by atoms with van der Waals surface area (Å²) in [7, 11) is 0. The Balaban J connectivity index is 1.37. The summed E-state index contributed by atoms with van der Waals surface area (Å²) in [6, 6.07) is 14.6. The highest BCUT2D eigenvalue weighted by Gasteiger charge is 2.26. The molecule has 0 unspecified atom stereocenters. The lowest BCUT2D eigenvalue weighted by molar-refractivity contribution is -0.384. The van der Waals surface area contributed by atoms with Gasteiger partial charge in [0.1, 0.15) is 10.7 Å². The molecule has 1 aromatic heterocycles. The molecule has 0 spiro atoms. The summed E-state index contributed by atoms with van der Waals surface area (Å²) >= 11 is 7.43. The highest BCUT2D eigenvalue weighted by atomic mass is 35.5. The number of carbonyl (C=O) groups is 1. The standard InChI is InChI=1S/C21H19ClN4O3S/c22-16-6-7-18(19(12-16)26(28)29)24-8-10-25(11-9-24)20(27)13-17-14-30-21(23-17)15-4-2-1-3-5-15/h1-7,12,14H,8-11,13H2. The van der Waals surface area contributed by atoms with Crippen molar-refractivity contribution in [2.24, 2.45) is 0 Å². The number of amides is 1. The summed E-state index contributed by atoms with van der Waals surface area (Å²) in [5, 5.41) is 14.5. The first kappa shape index (κ1) is 20.3. The molecule has 7 nitrogen and oxygen atoms in total. The molecular formula is C21H19ClN4O3S. The second-order valence-corrected chi connectivity index (χ2v) is 8.24. The summed E-state index contributed by atoms with van der Waals surface area (Å²) in [6.07, 6.45) is 0.254. The minimum atomic E-state index is -0.425. The van der Waals surface area contributed by atoms with Gasteiger partial charge >= 0.3 is 0 Å². The van der Waals surface area contributed by atoms with E-state index in [1.165, 1.54) is 17.4 Å². The van der Waals surface area contributed by atoms with Crippen LogP contribution in [0.25, 0.3) is 10.6 Å². The zero-order valence-corrected chi connectivity index (χ0v) is 17.6. The Bertz CT molecular complexity index is 1070. The number of hydrogen-bond acceptors (Lipinski definition) is 6. The van der Waals surface area contributed by atoms with Gasteiger partial charge in [0.15, 0.2) is 0 Å². The Labute approximate surface area is 182 Å². The van der Waals surface area contributed by atoms with Crippen molar-refractivity contribution in [1.82, 2.24) is 9.88 Å². The van der Waals surface area contributed by atoms with Gasteiger partial charge in [0.05, 0.1) is 17.0 Å². The minimum absolute atomic E-state index is 0.0156. The molecule has 1 fully saturated rings. The summed E-state index contributed by atoms with van der Waals surface area (Å²) in [5.74, 6) is 0.0187. The van der Waals surface area contributed by atoms with Crippen LogP contribution in [0.2, 0.25) is 5.02 Å². The quantitative estimate of drug-likeness (QED) is 0.435. The molecule has 9 heteroatoms. The fourth-order valence-electron chi connectivity index (χ4n) is 3.48. The summed E-state index contributed by atoms with van der Waals surface area (Å²) in [4.78, 5) is 32.0. The van der Waals surface area contributed by atoms with Crippen molar-refractivity contribution in [2.45, 2.75) is 6.42 Å². The van der Waals surface area contributed by atoms with Crippen molar-refractivity contribution in [3.8, 4) is 10.6 Å². The number of thiazole rings is 1. The van der Waals surface area contributed by atoms with Crippen LogP contribution in [0.15, 0.2) is 53.9 Å². The number of hydrogen-bond donors (Lipinski definition) is 0. The lowest BCUT2D eigenvalue weighted by Crippen LogP contribution is -2.49. The van der Waals surface area contributed by atoms with Crippen molar-refractivity contribution in [3.05, 3.63) is 74.7 Å². The number of aromatic nitrogens is 1. The van der Waals surface area contributed by atoms with E-state index < -0.39 is 4.92 Å². The lowest BCUT2D eigenvalue weighted by atomic mass is 10.2. The molecule has 1 aliphatic rings.